The molecule has 0 saturated carbocycles. The average molecular weight is 483 g/mol. The second-order valence-corrected chi connectivity index (χ2v) is 8.15. The highest BCUT2D eigenvalue weighted by molar-refractivity contribution is 6.33. The number of hydrogen-bond acceptors (Lipinski definition) is 5. The van der Waals surface area contributed by atoms with Crippen molar-refractivity contribution in [3.63, 3.8) is 0 Å². The lowest BCUT2D eigenvalue weighted by Gasteiger charge is -2.07. The third-order valence-electron chi connectivity index (χ3n) is 5.23. The Kier molecular flexibility index (Phi) is 6.42. The first-order valence-electron chi connectivity index (χ1n) is 10.3. The van der Waals surface area contributed by atoms with Gasteiger partial charge in [0, 0.05) is 11.8 Å². The first-order valence-corrected chi connectivity index (χ1v) is 10.6. The van der Waals surface area contributed by atoms with E-state index in [0.717, 1.165) is 5.56 Å². The van der Waals surface area contributed by atoms with Crippen LogP contribution in [0.2, 0.25) is 5.02 Å². The molecular formula is C23H20ClFN6O3. The van der Waals surface area contributed by atoms with Crippen molar-refractivity contribution in [1.29, 1.82) is 0 Å². The molecule has 174 valence electrons. The topological polar surface area (TPSA) is 108 Å². The standard InChI is InChI=1S/C23H20ClFN6O3/c1-14-21(31(33)34)15(2)30(27-14)12-16-5-3-7-18(9-16)23(32)26-22-20(24)13-29(28-22)11-17-6-4-8-19(25)10-17/h3-10,13H,11-12H2,1-2H3,(H,26,28,32). The molecule has 0 bridgehead atoms. The van der Waals surface area contributed by atoms with Gasteiger partial charge in [-0.25, -0.2) is 4.39 Å². The lowest BCUT2D eigenvalue weighted by molar-refractivity contribution is -0.386. The number of nitrogens with zero attached hydrogens (tertiary/aromatic N) is 5. The monoisotopic (exact) mass is 482 g/mol. The first kappa shape index (κ1) is 23.1. The van der Waals surface area contributed by atoms with E-state index in [1.807, 2.05) is 0 Å². The van der Waals surface area contributed by atoms with Gasteiger partial charge < -0.3 is 5.32 Å². The molecule has 4 rings (SSSR count). The van der Waals surface area contributed by atoms with Crippen LogP contribution in [0.5, 0.6) is 0 Å². The highest BCUT2D eigenvalue weighted by Gasteiger charge is 2.22. The van der Waals surface area contributed by atoms with Gasteiger partial charge >= 0.3 is 5.69 Å². The Morgan fingerprint density at radius 2 is 1.82 bits per heavy atom. The van der Waals surface area contributed by atoms with E-state index in [0.29, 0.717) is 22.5 Å². The summed E-state index contributed by atoms with van der Waals surface area (Å²) in [6.45, 7) is 3.78. The summed E-state index contributed by atoms with van der Waals surface area (Å²) in [6, 6.07) is 13.0. The smallest absolute Gasteiger partial charge is 0.304 e. The molecule has 34 heavy (non-hydrogen) atoms. The molecule has 11 heteroatoms. The molecule has 0 unspecified atom stereocenters. The van der Waals surface area contributed by atoms with Crippen LogP contribution in [0.1, 0.15) is 32.9 Å². The van der Waals surface area contributed by atoms with Gasteiger partial charge in [0.05, 0.1) is 18.0 Å². The minimum Gasteiger partial charge on any atom is -0.304 e. The lowest BCUT2D eigenvalue weighted by Crippen LogP contribution is -2.14. The highest BCUT2D eigenvalue weighted by Crippen LogP contribution is 2.24. The van der Waals surface area contributed by atoms with Crippen molar-refractivity contribution >= 4 is 29.0 Å². The van der Waals surface area contributed by atoms with Gasteiger partial charge in [-0.3, -0.25) is 24.3 Å². The fourth-order valence-electron chi connectivity index (χ4n) is 3.65. The fourth-order valence-corrected chi connectivity index (χ4v) is 3.85. The van der Waals surface area contributed by atoms with Gasteiger partial charge in [-0.1, -0.05) is 35.9 Å². The van der Waals surface area contributed by atoms with Crippen LogP contribution in [-0.2, 0) is 13.1 Å². The van der Waals surface area contributed by atoms with Crippen LogP contribution >= 0.6 is 11.6 Å². The van der Waals surface area contributed by atoms with Crippen molar-refractivity contribution < 1.29 is 14.1 Å². The number of amides is 1. The third-order valence-corrected chi connectivity index (χ3v) is 5.51. The first-order chi connectivity index (χ1) is 16.2. The Balaban J connectivity index is 1.48. The molecule has 9 nitrogen and oxygen atoms in total. The van der Waals surface area contributed by atoms with E-state index in [4.69, 9.17) is 11.6 Å². The van der Waals surface area contributed by atoms with E-state index in [-0.39, 0.29) is 35.4 Å². The summed E-state index contributed by atoms with van der Waals surface area (Å²) in [5.41, 5.74) is 2.57. The maximum absolute atomic E-state index is 13.4. The normalized spacial score (nSPS) is 10.9. The van der Waals surface area contributed by atoms with Crippen LogP contribution < -0.4 is 5.32 Å². The number of nitrogens with one attached hydrogen (secondary N) is 1. The zero-order chi connectivity index (χ0) is 24.4. The van der Waals surface area contributed by atoms with Crippen molar-refractivity contribution in [3.8, 4) is 0 Å². The van der Waals surface area contributed by atoms with E-state index in [2.05, 4.69) is 15.5 Å². The summed E-state index contributed by atoms with van der Waals surface area (Å²) in [5.74, 6) is -0.582. The Bertz CT molecular complexity index is 1400. The van der Waals surface area contributed by atoms with E-state index in [1.54, 1.807) is 56.4 Å². The van der Waals surface area contributed by atoms with E-state index in [1.165, 1.54) is 21.5 Å². The molecular weight excluding hydrogens is 463 g/mol. The van der Waals surface area contributed by atoms with Gasteiger partial charge in [0.25, 0.3) is 5.91 Å². The van der Waals surface area contributed by atoms with E-state index in [9.17, 15) is 19.3 Å². The number of anilines is 1. The zero-order valence-electron chi connectivity index (χ0n) is 18.3. The SMILES string of the molecule is Cc1nn(Cc2cccc(C(=O)Nc3nn(Cc4cccc(F)c4)cc3Cl)c2)c(C)c1[N+](=O)[O-]. The molecule has 0 spiro atoms. The summed E-state index contributed by atoms with van der Waals surface area (Å²) in [7, 11) is 0. The number of benzene rings is 2. The third kappa shape index (κ3) is 4.96. The minimum absolute atomic E-state index is 0.0163. The van der Waals surface area contributed by atoms with Crippen molar-refractivity contribution in [1.82, 2.24) is 19.6 Å². The number of nitro groups is 1. The van der Waals surface area contributed by atoms with Crippen molar-refractivity contribution in [3.05, 3.63) is 104 Å². The molecule has 0 aliphatic carbocycles. The molecule has 0 aliphatic heterocycles. The van der Waals surface area contributed by atoms with Crippen molar-refractivity contribution in [2.24, 2.45) is 0 Å². The predicted molar refractivity (Wildman–Crippen MR) is 125 cm³/mol. The van der Waals surface area contributed by atoms with Crippen molar-refractivity contribution in [2.45, 2.75) is 26.9 Å². The van der Waals surface area contributed by atoms with Gasteiger partial charge in [-0.15, -0.1) is 0 Å². The summed E-state index contributed by atoms with van der Waals surface area (Å²) in [4.78, 5) is 23.6. The predicted octanol–water partition coefficient (Wildman–Crippen LogP) is 4.75. The molecule has 1 amide bonds. The van der Waals surface area contributed by atoms with Crippen LogP contribution in [0, 0.1) is 29.8 Å². The van der Waals surface area contributed by atoms with Crippen LogP contribution in [0.4, 0.5) is 15.9 Å². The average Bonchev–Trinajstić information content (AvgIpc) is 3.25. The number of carbonyl (C=O) groups excluding carboxylic acids is 1. The molecule has 4 aromatic rings. The molecule has 2 aromatic heterocycles. The van der Waals surface area contributed by atoms with E-state index < -0.39 is 10.8 Å². The molecule has 1 N–H and O–H groups in total. The Hall–Kier alpha value is -4.05. The molecule has 0 radical (unpaired) electrons. The molecule has 0 saturated heterocycles. The lowest BCUT2D eigenvalue weighted by atomic mass is 10.1. The number of aromatic nitrogens is 4. The summed E-state index contributed by atoms with van der Waals surface area (Å²) in [6.07, 6.45) is 1.55. The van der Waals surface area contributed by atoms with Crippen molar-refractivity contribution in [2.75, 3.05) is 5.32 Å². The summed E-state index contributed by atoms with van der Waals surface area (Å²) >= 11 is 6.23. The number of carbonyl (C=O) groups is 1. The molecule has 2 heterocycles. The molecule has 0 fully saturated rings. The largest absolute Gasteiger partial charge is 0.312 e. The van der Waals surface area contributed by atoms with Gasteiger partial charge in [-0.2, -0.15) is 10.2 Å². The van der Waals surface area contributed by atoms with Crippen LogP contribution in [0.15, 0.2) is 54.7 Å². The van der Waals surface area contributed by atoms with Gasteiger partial charge in [0.15, 0.2) is 5.82 Å². The maximum Gasteiger partial charge on any atom is 0.312 e. The summed E-state index contributed by atoms with van der Waals surface area (Å²) in [5, 5.41) is 22.7. The van der Waals surface area contributed by atoms with Crippen LogP contribution in [0.25, 0.3) is 0 Å². The molecule has 2 aromatic carbocycles. The fraction of sp³-hybridized carbons (Fsp3) is 0.174. The highest BCUT2D eigenvalue weighted by atomic mass is 35.5. The Labute approximate surface area is 198 Å². The molecule has 0 aliphatic rings. The number of hydrogen-bond donors (Lipinski definition) is 1. The maximum atomic E-state index is 13.4. The Morgan fingerprint density at radius 3 is 2.50 bits per heavy atom. The van der Waals surface area contributed by atoms with E-state index >= 15 is 0 Å². The molecule has 0 atom stereocenters. The minimum atomic E-state index is -0.449. The van der Waals surface area contributed by atoms with Gasteiger partial charge in [0.2, 0.25) is 0 Å². The van der Waals surface area contributed by atoms with Crippen LogP contribution in [0.3, 0.4) is 0 Å². The number of aryl methyl sites for hydroxylation is 1. The van der Waals surface area contributed by atoms with Gasteiger partial charge in [0.1, 0.15) is 22.2 Å². The van der Waals surface area contributed by atoms with Gasteiger partial charge in [-0.05, 0) is 49.2 Å². The number of halogens is 2. The second kappa shape index (κ2) is 9.44. The zero-order valence-corrected chi connectivity index (χ0v) is 19.1. The second-order valence-electron chi connectivity index (χ2n) is 7.74. The Morgan fingerprint density at radius 1 is 1.12 bits per heavy atom. The number of rotatable bonds is 7. The quantitative estimate of drug-likeness (QED) is 0.302. The summed E-state index contributed by atoms with van der Waals surface area (Å²) < 4.78 is 16.5. The van der Waals surface area contributed by atoms with Crippen LogP contribution in [-0.4, -0.2) is 30.4 Å².